The summed E-state index contributed by atoms with van der Waals surface area (Å²) in [4.78, 5) is 2.20. The average Bonchev–Trinajstić information content (AvgIpc) is 2.59. The van der Waals surface area contributed by atoms with Crippen molar-refractivity contribution in [3.63, 3.8) is 0 Å². The van der Waals surface area contributed by atoms with Crippen LogP contribution in [0.2, 0.25) is 0 Å². The Morgan fingerprint density at radius 1 is 1.17 bits per heavy atom. The van der Waals surface area contributed by atoms with Gasteiger partial charge in [0, 0.05) is 23.5 Å². The minimum Gasteiger partial charge on any atom is -0.295 e. The topological polar surface area (TPSA) is 3.24 Å². The molecule has 1 aromatic carbocycles. The molecule has 18 heavy (non-hydrogen) atoms. The van der Waals surface area contributed by atoms with Crippen molar-refractivity contribution in [2.75, 3.05) is 11.9 Å². The lowest BCUT2D eigenvalue weighted by Gasteiger charge is -2.28. The van der Waals surface area contributed by atoms with Crippen LogP contribution in [0, 0.1) is 11.6 Å². The molecule has 0 bridgehead atoms. The molecule has 1 aliphatic rings. The first-order chi connectivity index (χ1) is 8.72. The van der Waals surface area contributed by atoms with Gasteiger partial charge in [0.2, 0.25) is 0 Å². The molecule has 1 fully saturated rings. The van der Waals surface area contributed by atoms with Crippen molar-refractivity contribution in [2.45, 2.75) is 38.3 Å². The Balaban J connectivity index is 2.15. The summed E-state index contributed by atoms with van der Waals surface area (Å²) in [7, 11) is 0. The highest BCUT2D eigenvalue weighted by atomic mass is 79.9. The molecular formula is C14H18BrF2N. The van der Waals surface area contributed by atoms with Gasteiger partial charge in [0.05, 0.1) is 0 Å². The van der Waals surface area contributed by atoms with E-state index in [1.165, 1.54) is 31.0 Å². The second-order valence-electron chi connectivity index (χ2n) is 4.83. The third-order valence-corrected chi connectivity index (χ3v) is 4.35. The van der Waals surface area contributed by atoms with E-state index in [1.807, 2.05) is 0 Å². The number of likely N-dealkylation sites (tertiary alicyclic amines) is 1. The van der Waals surface area contributed by atoms with Gasteiger partial charge >= 0.3 is 0 Å². The first kappa shape index (κ1) is 13.9. The van der Waals surface area contributed by atoms with Crippen molar-refractivity contribution in [2.24, 2.45) is 0 Å². The number of hydrogen-bond donors (Lipinski definition) is 0. The standard InChI is InChI=1S/C14H18BrF2N/c15-9-11-5-2-1-3-8-18(11)10-12-13(16)6-4-7-14(12)17/h4,6-7,11H,1-3,5,8-10H2. The summed E-state index contributed by atoms with van der Waals surface area (Å²) in [6.07, 6.45) is 4.62. The molecule has 0 N–H and O–H groups in total. The van der Waals surface area contributed by atoms with Crippen LogP contribution >= 0.6 is 15.9 Å². The van der Waals surface area contributed by atoms with Crippen LogP contribution in [0.3, 0.4) is 0 Å². The molecule has 0 aromatic heterocycles. The van der Waals surface area contributed by atoms with E-state index in [1.54, 1.807) is 0 Å². The van der Waals surface area contributed by atoms with Crippen molar-refractivity contribution < 1.29 is 8.78 Å². The first-order valence-electron chi connectivity index (χ1n) is 6.45. The molecule has 0 amide bonds. The zero-order chi connectivity index (χ0) is 13.0. The summed E-state index contributed by atoms with van der Waals surface area (Å²) < 4.78 is 27.3. The van der Waals surface area contributed by atoms with Crippen LogP contribution in [0.25, 0.3) is 0 Å². The van der Waals surface area contributed by atoms with Crippen molar-refractivity contribution in [1.29, 1.82) is 0 Å². The van der Waals surface area contributed by atoms with Crippen molar-refractivity contribution >= 4 is 15.9 Å². The minimum atomic E-state index is -0.437. The fraction of sp³-hybridized carbons (Fsp3) is 0.571. The Bertz CT molecular complexity index is 377. The highest BCUT2D eigenvalue weighted by Gasteiger charge is 2.22. The van der Waals surface area contributed by atoms with Crippen LogP contribution in [-0.4, -0.2) is 22.8 Å². The maximum absolute atomic E-state index is 13.7. The molecule has 0 aliphatic carbocycles. The number of halogens is 3. The zero-order valence-corrected chi connectivity index (χ0v) is 11.9. The third-order valence-electron chi connectivity index (χ3n) is 3.60. The van der Waals surface area contributed by atoms with Gasteiger partial charge in [-0.3, -0.25) is 4.90 Å². The minimum absolute atomic E-state index is 0.199. The van der Waals surface area contributed by atoms with Gasteiger partial charge in [-0.2, -0.15) is 0 Å². The van der Waals surface area contributed by atoms with Gasteiger partial charge in [-0.05, 0) is 31.5 Å². The molecule has 1 aliphatic heterocycles. The zero-order valence-electron chi connectivity index (χ0n) is 10.3. The molecule has 1 unspecified atom stereocenters. The lowest BCUT2D eigenvalue weighted by molar-refractivity contribution is 0.203. The van der Waals surface area contributed by atoms with Crippen molar-refractivity contribution in [1.82, 2.24) is 4.90 Å². The first-order valence-corrected chi connectivity index (χ1v) is 7.57. The SMILES string of the molecule is Fc1cccc(F)c1CN1CCCCCC1CBr. The number of nitrogens with zero attached hydrogens (tertiary/aromatic N) is 1. The smallest absolute Gasteiger partial charge is 0.130 e. The molecule has 1 saturated heterocycles. The Morgan fingerprint density at radius 2 is 1.89 bits per heavy atom. The summed E-state index contributed by atoms with van der Waals surface area (Å²) in [5, 5.41) is 0.864. The fourth-order valence-corrected chi connectivity index (χ4v) is 3.24. The molecule has 0 radical (unpaired) electrons. The van der Waals surface area contributed by atoms with Gasteiger partial charge < -0.3 is 0 Å². The van der Waals surface area contributed by atoms with Crippen molar-refractivity contribution in [3.8, 4) is 0 Å². The monoisotopic (exact) mass is 317 g/mol. The van der Waals surface area contributed by atoms with Gasteiger partial charge in [-0.15, -0.1) is 0 Å². The van der Waals surface area contributed by atoms with E-state index in [2.05, 4.69) is 20.8 Å². The Hall–Kier alpha value is -0.480. The van der Waals surface area contributed by atoms with Crippen LogP contribution < -0.4 is 0 Å². The molecule has 1 atom stereocenters. The van der Waals surface area contributed by atoms with Crippen LogP contribution in [0.4, 0.5) is 8.78 Å². The number of alkyl halides is 1. The molecule has 1 nitrogen and oxygen atoms in total. The molecule has 0 spiro atoms. The third kappa shape index (κ3) is 3.29. The summed E-state index contributed by atoms with van der Waals surface area (Å²) in [5.74, 6) is -0.875. The van der Waals surface area contributed by atoms with E-state index in [4.69, 9.17) is 0 Å². The van der Waals surface area contributed by atoms with Gasteiger partial charge in [-0.25, -0.2) is 8.78 Å². The quantitative estimate of drug-likeness (QED) is 0.758. The maximum atomic E-state index is 13.7. The molecule has 1 aromatic rings. The lowest BCUT2D eigenvalue weighted by atomic mass is 10.1. The summed E-state index contributed by atoms with van der Waals surface area (Å²) in [6, 6.07) is 4.46. The maximum Gasteiger partial charge on any atom is 0.130 e. The fourth-order valence-electron chi connectivity index (χ4n) is 2.51. The summed E-state index contributed by atoms with van der Waals surface area (Å²) in [5.41, 5.74) is 0.199. The Kier molecular flexibility index (Phi) is 5.13. The highest BCUT2D eigenvalue weighted by molar-refractivity contribution is 9.09. The van der Waals surface area contributed by atoms with E-state index in [9.17, 15) is 8.78 Å². The predicted octanol–water partition coefficient (Wildman–Crippen LogP) is 4.10. The number of rotatable bonds is 3. The average molecular weight is 318 g/mol. The molecular weight excluding hydrogens is 300 g/mol. The normalized spacial score (nSPS) is 21.8. The van der Waals surface area contributed by atoms with Crippen LogP contribution in [0.5, 0.6) is 0 Å². The van der Waals surface area contributed by atoms with E-state index in [0.717, 1.165) is 24.7 Å². The van der Waals surface area contributed by atoms with Gasteiger partial charge in [0.1, 0.15) is 11.6 Å². The highest BCUT2D eigenvalue weighted by Crippen LogP contribution is 2.22. The van der Waals surface area contributed by atoms with Crippen LogP contribution in [-0.2, 0) is 6.54 Å². The van der Waals surface area contributed by atoms with E-state index in [0.29, 0.717) is 12.6 Å². The van der Waals surface area contributed by atoms with Crippen LogP contribution in [0.1, 0.15) is 31.2 Å². The van der Waals surface area contributed by atoms with E-state index >= 15 is 0 Å². The number of hydrogen-bond acceptors (Lipinski definition) is 1. The Morgan fingerprint density at radius 3 is 2.56 bits per heavy atom. The predicted molar refractivity (Wildman–Crippen MR) is 72.8 cm³/mol. The largest absolute Gasteiger partial charge is 0.295 e. The second-order valence-corrected chi connectivity index (χ2v) is 5.48. The molecule has 0 saturated carbocycles. The van der Waals surface area contributed by atoms with E-state index < -0.39 is 11.6 Å². The number of benzene rings is 1. The van der Waals surface area contributed by atoms with Crippen molar-refractivity contribution in [3.05, 3.63) is 35.4 Å². The van der Waals surface area contributed by atoms with Crippen LogP contribution in [0.15, 0.2) is 18.2 Å². The molecule has 2 rings (SSSR count). The molecule has 1 heterocycles. The van der Waals surface area contributed by atoms with E-state index in [-0.39, 0.29) is 5.56 Å². The summed E-state index contributed by atoms with van der Waals surface area (Å²) >= 11 is 3.51. The van der Waals surface area contributed by atoms with Gasteiger partial charge in [0.15, 0.2) is 0 Å². The van der Waals surface area contributed by atoms with Gasteiger partial charge in [0.25, 0.3) is 0 Å². The lowest BCUT2D eigenvalue weighted by Crippen LogP contribution is -2.36. The summed E-state index contributed by atoms with van der Waals surface area (Å²) in [6.45, 7) is 1.29. The molecule has 4 heteroatoms. The van der Waals surface area contributed by atoms with Gasteiger partial charge in [-0.1, -0.05) is 34.8 Å². The second kappa shape index (κ2) is 6.62. The Labute approximate surface area is 115 Å². The molecule has 100 valence electrons.